The molecule has 0 heterocycles. The van der Waals surface area contributed by atoms with Gasteiger partial charge in [-0.3, -0.25) is 0 Å². The Morgan fingerprint density at radius 2 is 1.26 bits per heavy atom. The molecule has 0 aliphatic carbocycles. The maximum Gasteiger partial charge on any atom is -0.0204 e. The molecule has 0 N–H and O–H groups in total. The lowest BCUT2D eigenvalue weighted by Gasteiger charge is -2.02. The standard InChI is InChI=1S/C10H12.C9H10/c1-8(2)10-7-5-4-6-9(10)3;1-8(2)9-6-4-3-5-7-9/h4-7H,1H2,2-3H3;3-7H,1H2,2H3. The van der Waals surface area contributed by atoms with Gasteiger partial charge in [0.15, 0.2) is 0 Å². The van der Waals surface area contributed by atoms with Gasteiger partial charge in [-0.1, -0.05) is 78.9 Å². The van der Waals surface area contributed by atoms with Gasteiger partial charge in [-0.15, -0.1) is 0 Å². The Hall–Kier alpha value is -2.08. The summed E-state index contributed by atoms with van der Waals surface area (Å²) in [5, 5.41) is 0. The fourth-order valence-electron chi connectivity index (χ4n) is 1.77. The van der Waals surface area contributed by atoms with Gasteiger partial charge in [0.05, 0.1) is 0 Å². The van der Waals surface area contributed by atoms with Gasteiger partial charge in [0.1, 0.15) is 0 Å². The highest BCUT2D eigenvalue weighted by atomic mass is 14.0. The average molecular weight is 250 g/mol. The molecule has 0 saturated carbocycles. The quantitative estimate of drug-likeness (QED) is 0.636. The van der Waals surface area contributed by atoms with Crippen molar-refractivity contribution in [2.45, 2.75) is 20.8 Å². The number of allylic oxidation sites excluding steroid dienone is 2. The van der Waals surface area contributed by atoms with Gasteiger partial charge in [-0.2, -0.15) is 0 Å². The van der Waals surface area contributed by atoms with Gasteiger partial charge in [-0.05, 0) is 37.5 Å². The molecule has 98 valence electrons. The third-order valence-electron chi connectivity index (χ3n) is 2.87. The summed E-state index contributed by atoms with van der Waals surface area (Å²) in [4.78, 5) is 0. The van der Waals surface area contributed by atoms with Crippen LogP contribution in [0.25, 0.3) is 11.1 Å². The minimum atomic E-state index is 1.12. The SMILES string of the molecule is C=C(C)c1ccccc1.C=C(C)c1ccccc1C. The minimum Gasteiger partial charge on any atom is -0.0955 e. The van der Waals surface area contributed by atoms with E-state index in [1.54, 1.807) is 0 Å². The molecule has 0 spiro atoms. The fourth-order valence-corrected chi connectivity index (χ4v) is 1.77. The van der Waals surface area contributed by atoms with Crippen LogP contribution in [0.5, 0.6) is 0 Å². The van der Waals surface area contributed by atoms with Crippen LogP contribution in [0.2, 0.25) is 0 Å². The Kier molecular flexibility index (Phi) is 5.81. The Balaban J connectivity index is 0.000000191. The maximum atomic E-state index is 3.89. The van der Waals surface area contributed by atoms with E-state index in [0.29, 0.717) is 0 Å². The Labute approximate surface area is 117 Å². The number of hydrogen-bond donors (Lipinski definition) is 0. The Morgan fingerprint density at radius 1 is 0.737 bits per heavy atom. The first-order chi connectivity index (χ1) is 9.02. The molecule has 0 nitrogen and oxygen atoms in total. The van der Waals surface area contributed by atoms with E-state index in [2.05, 4.69) is 44.3 Å². The fraction of sp³-hybridized carbons (Fsp3) is 0.158. The first-order valence-electron chi connectivity index (χ1n) is 6.45. The first kappa shape index (κ1) is 15.0. The highest BCUT2D eigenvalue weighted by molar-refractivity contribution is 5.64. The van der Waals surface area contributed by atoms with E-state index in [4.69, 9.17) is 0 Å². The summed E-state index contributed by atoms with van der Waals surface area (Å²) in [6.45, 7) is 13.9. The predicted molar refractivity (Wildman–Crippen MR) is 87.0 cm³/mol. The van der Waals surface area contributed by atoms with E-state index in [9.17, 15) is 0 Å². The summed E-state index contributed by atoms with van der Waals surface area (Å²) >= 11 is 0. The van der Waals surface area contributed by atoms with Crippen molar-refractivity contribution in [2.24, 2.45) is 0 Å². The van der Waals surface area contributed by atoms with E-state index < -0.39 is 0 Å². The van der Waals surface area contributed by atoms with Gasteiger partial charge < -0.3 is 0 Å². The molecule has 0 amide bonds. The highest BCUT2D eigenvalue weighted by Crippen LogP contribution is 2.15. The molecule has 2 rings (SSSR count). The number of aryl methyl sites for hydroxylation is 1. The molecule has 0 heteroatoms. The predicted octanol–water partition coefficient (Wildman–Crippen LogP) is 5.75. The van der Waals surface area contributed by atoms with Crippen LogP contribution in [0, 0.1) is 6.92 Å². The summed E-state index contributed by atoms with van der Waals surface area (Å²) in [6, 6.07) is 18.4. The van der Waals surface area contributed by atoms with E-state index >= 15 is 0 Å². The van der Waals surface area contributed by atoms with Gasteiger partial charge >= 0.3 is 0 Å². The number of benzene rings is 2. The molecule has 0 unspecified atom stereocenters. The van der Waals surface area contributed by atoms with Crippen LogP contribution in [0.1, 0.15) is 30.5 Å². The topological polar surface area (TPSA) is 0 Å². The normalized spacial score (nSPS) is 9.21. The van der Waals surface area contributed by atoms with Crippen LogP contribution in [-0.2, 0) is 0 Å². The van der Waals surface area contributed by atoms with Gasteiger partial charge in [0.2, 0.25) is 0 Å². The van der Waals surface area contributed by atoms with Crippen molar-refractivity contribution in [1.82, 2.24) is 0 Å². The van der Waals surface area contributed by atoms with Crippen molar-refractivity contribution >= 4 is 11.1 Å². The average Bonchev–Trinajstić information content (AvgIpc) is 2.40. The van der Waals surface area contributed by atoms with Crippen LogP contribution in [-0.4, -0.2) is 0 Å². The molecule has 0 bridgehead atoms. The Morgan fingerprint density at radius 3 is 1.63 bits per heavy atom. The molecule has 0 fully saturated rings. The Bertz CT molecular complexity index is 547. The lowest BCUT2D eigenvalue weighted by Crippen LogP contribution is -1.81. The van der Waals surface area contributed by atoms with Crippen LogP contribution < -0.4 is 0 Å². The van der Waals surface area contributed by atoms with Gasteiger partial charge in [-0.25, -0.2) is 0 Å². The molecule has 0 aromatic heterocycles. The largest absolute Gasteiger partial charge is 0.0955 e. The van der Waals surface area contributed by atoms with Crippen LogP contribution >= 0.6 is 0 Å². The molecule has 2 aromatic carbocycles. The monoisotopic (exact) mass is 250 g/mol. The molecule has 2 aromatic rings. The van der Waals surface area contributed by atoms with Crippen molar-refractivity contribution in [3.05, 3.63) is 84.4 Å². The third-order valence-corrected chi connectivity index (χ3v) is 2.87. The summed E-state index contributed by atoms with van der Waals surface area (Å²) in [7, 11) is 0. The zero-order chi connectivity index (χ0) is 14.3. The first-order valence-corrected chi connectivity index (χ1v) is 6.45. The zero-order valence-corrected chi connectivity index (χ0v) is 12.1. The molecule has 0 atom stereocenters. The lowest BCUT2D eigenvalue weighted by molar-refractivity contribution is 1.41. The molecule has 19 heavy (non-hydrogen) atoms. The van der Waals surface area contributed by atoms with Crippen LogP contribution in [0.4, 0.5) is 0 Å². The smallest absolute Gasteiger partial charge is 0.0204 e. The second-order valence-electron chi connectivity index (χ2n) is 4.74. The molecule has 0 aliphatic rings. The summed E-state index contributed by atoms with van der Waals surface area (Å²) in [5.74, 6) is 0. The summed E-state index contributed by atoms with van der Waals surface area (Å²) in [5.41, 5.74) is 6.05. The second-order valence-corrected chi connectivity index (χ2v) is 4.74. The molecular formula is C19H22. The zero-order valence-electron chi connectivity index (χ0n) is 12.1. The van der Waals surface area contributed by atoms with E-state index in [1.165, 1.54) is 16.7 Å². The van der Waals surface area contributed by atoms with Gasteiger partial charge in [0.25, 0.3) is 0 Å². The van der Waals surface area contributed by atoms with Crippen LogP contribution in [0.15, 0.2) is 67.8 Å². The maximum absolute atomic E-state index is 3.89. The summed E-state index contributed by atoms with van der Waals surface area (Å²) in [6.07, 6.45) is 0. The third kappa shape index (κ3) is 4.97. The summed E-state index contributed by atoms with van der Waals surface area (Å²) < 4.78 is 0. The van der Waals surface area contributed by atoms with Crippen molar-refractivity contribution in [3.8, 4) is 0 Å². The second kappa shape index (κ2) is 7.38. The van der Waals surface area contributed by atoms with Gasteiger partial charge in [0, 0.05) is 0 Å². The lowest BCUT2D eigenvalue weighted by atomic mass is 10.0. The van der Waals surface area contributed by atoms with Crippen molar-refractivity contribution in [1.29, 1.82) is 0 Å². The molecule has 0 saturated heterocycles. The number of rotatable bonds is 2. The van der Waals surface area contributed by atoms with Crippen molar-refractivity contribution in [3.63, 3.8) is 0 Å². The van der Waals surface area contributed by atoms with Crippen molar-refractivity contribution < 1.29 is 0 Å². The van der Waals surface area contributed by atoms with E-state index in [0.717, 1.165) is 11.1 Å². The molecule has 0 aliphatic heterocycles. The van der Waals surface area contributed by atoms with Crippen LogP contribution in [0.3, 0.4) is 0 Å². The molecule has 0 radical (unpaired) electrons. The van der Waals surface area contributed by atoms with Crippen molar-refractivity contribution in [2.75, 3.05) is 0 Å². The molecular weight excluding hydrogens is 228 g/mol. The van der Waals surface area contributed by atoms with E-state index in [-0.39, 0.29) is 0 Å². The number of hydrogen-bond acceptors (Lipinski definition) is 0. The highest BCUT2D eigenvalue weighted by Gasteiger charge is 1.94. The minimum absolute atomic E-state index is 1.12. The van der Waals surface area contributed by atoms with E-state index in [1.807, 2.05) is 44.2 Å².